The fourth-order valence-electron chi connectivity index (χ4n) is 4.18. The third kappa shape index (κ3) is 7.21. The molecule has 1 saturated heterocycles. The van der Waals surface area contributed by atoms with Gasteiger partial charge in [0.05, 0.1) is 7.11 Å². The Balaban J connectivity index is 1.50. The lowest BCUT2D eigenvalue weighted by atomic mass is 9.91. The lowest BCUT2D eigenvalue weighted by molar-refractivity contribution is -0.143. The molecule has 2 aromatic rings. The molecule has 31 heavy (non-hydrogen) atoms. The summed E-state index contributed by atoms with van der Waals surface area (Å²) in [6, 6.07) is 18.2. The fraction of sp³-hybridized carbons (Fsp3) is 0.462. The van der Waals surface area contributed by atoms with Gasteiger partial charge in [0.1, 0.15) is 11.8 Å². The van der Waals surface area contributed by atoms with Crippen LogP contribution in [0.1, 0.15) is 43.7 Å². The molecule has 0 bridgehead atoms. The Morgan fingerprint density at radius 2 is 1.71 bits per heavy atom. The number of Topliss-reactive ketones (excluding diaryl/α,β-unsaturated/α-hetero) is 1. The van der Waals surface area contributed by atoms with Crippen molar-refractivity contribution < 1.29 is 14.3 Å². The number of carbonyl (C=O) groups excluding carboxylic acids is 2. The summed E-state index contributed by atoms with van der Waals surface area (Å²) in [5, 5.41) is 3.35. The van der Waals surface area contributed by atoms with Gasteiger partial charge in [-0.05, 0) is 61.8 Å². The third-order valence-electron chi connectivity index (χ3n) is 6.14. The Hall–Kier alpha value is -2.66. The molecule has 0 amide bonds. The number of esters is 1. The number of ketones is 1. The van der Waals surface area contributed by atoms with Crippen LogP contribution in [-0.2, 0) is 27.3 Å². The molecule has 1 aliphatic heterocycles. The maximum atomic E-state index is 12.2. The largest absolute Gasteiger partial charge is 0.468 e. The number of nitrogens with zero attached hydrogens (tertiary/aromatic N) is 1. The normalized spacial score (nSPS) is 15.5. The van der Waals surface area contributed by atoms with Crippen molar-refractivity contribution in [1.82, 2.24) is 5.32 Å². The van der Waals surface area contributed by atoms with Crippen LogP contribution in [0, 0.1) is 5.92 Å². The molecule has 1 unspecified atom stereocenters. The van der Waals surface area contributed by atoms with Crippen LogP contribution in [0.4, 0.5) is 5.69 Å². The minimum atomic E-state index is -0.374. The number of rotatable bonds is 10. The summed E-state index contributed by atoms with van der Waals surface area (Å²) in [7, 11) is 1.43. The number of ether oxygens (including phenoxy) is 1. The second-order valence-electron chi connectivity index (χ2n) is 8.48. The van der Waals surface area contributed by atoms with Gasteiger partial charge in [-0.2, -0.15) is 0 Å². The van der Waals surface area contributed by atoms with Gasteiger partial charge in [-0.15, -0.1) is 0 Å². The molecule has 5 nitrogen and oxygen atoms in total. The number of anilines is 1. The van der Waals surface area contributed by atoms with E-state index >= 15 is 0 Å². The van der Waals surface area contributed by atoms with E-state index in [1.165, 1.54) is 12.8 Å². The number of carbonyl (C=O) groups is 2. The molecule has 3 rings (SSSR count). The van der Waals surface area contributed by atoms with Crippen molar-refractivity contribution in [2.75, 3.05) is 25.1 Å². The van der Waals surface area contributed by atoms with E-state index in [9.17, 15) is 9.59 Å². The Labute approximate surface area is 185 Å². The zero-order valence-corrected chi connectivity index (χ0v) is 18.7. The lowest BCUT2D eigenvalue weighted by Gasteiger charge is -2.33. The monoisotopic (exact) mass is 422 g/mol. The number of piperidine rings is 1. The zero-order valence-electron chi connectivity index (χ0n) is 18.7. The topological polar surface area (TPSA) is 58.6 Å². The van der Waals surface area contributed by atoms with Crippen LogP contribution in [-0.4, -0.2) is 38.0 Å². The summed E-state index contributed by atoms with van der Waals surface area (Å²) in [5.74, 6) is 0.724. The maximum Gasteiger partial charge on any atom is 0.323 e. The number of nitrogens with one attached hydrogen (secondary N) is 1. The van der Waals surface area contributed by atoms with Gasteiger partial charge in [0.15, 0.2) is 0 Å². The SMILES string of the molecule is COC(=O)C(Cc1ccccc1)NCc1ccc(N2CCC(CCC(C)=O)CC2)cc1. The van der Waals surface area contributed by atoms with E-state index < -0.39 is 0 Å². The summed E-state index contributed by atoms with van der Waals surface area (Å²) < 4.78 is 4.98. The Kier molecular flexibility index (Phi) is 8.65. The average Bonchev–Trinajstić information content (AvgIpc) is 2.81. The first-order valence-corrected chi connectivity index (χ1v) is 11.2. The van der Waals surface area contributed by atoms with Gasteiger partial charge in [0.2, 0.25) is 0 Å². The highest BCUT2D eigenvalue weighted by Gasteiger charge is 2.21. The number of hydrogen-bond donors (Lipinski definition) is 1. The average molecular weight is 423 g/mol. The van der Waals surface area contributed by atoms with Crippen LogP contribution in [0.5, 0.6) is 0 Å². The van der Waals surface area contributed by atoms with E-state index in [0.717, 1.165) is 43.5 Å². The highest BCUT2D eigenvalue weighted by Crippen LogP contribution is 2.26. The molecule has 0 saturated carbocycles. The molecule has 0 aliphatic carbocycles. The molecule has 166 valence electrons. The smallest absolute Gasteiger partial charge is 0.323 e. The van der Waals surface area contributed by atoms with E-state index in [2.05, 4.69) is 34.5 Å². The second-order valence-corrected chi connectivity index (χ2v) is 8.48. The van der Waals surface area contributed by atoms with E-state index in [0.29, 0.717) is 31.1 Å². The van der Waals surface area contributed by atoms with E-state index in [-0.39, 0.29) is 12.0 Å². The standard InChI is InChI=1S/C26H34N2O3/c1-20(29)8-9-21-14-16-28(17-15-21)24-12-10-23(11-13-24)19-27-25(26(30)31-2)18-22-6-4-3-5-7-22/h3-7,10-13,21,25,27H,8-9,14-19H2,1-2H3. The van der Waals surface area contributed by atoms with Crippen molar-refractivity contribution in [1.29, 1.82) is 0 Å². The first kappa shape index (κ1) is 23.0. The molecule has 0 spiro atoms. The van der Waals surface area contributed by atoms with Crippen LogP contribution < -0.4 is 10.2 Å². The summed E-state index contributed by atoms with van der Waals surface area (Å²) in [4.78, 5) is 25.8. The molecule has 0 radical (unpaired) electrons. The molecule has 1 atom stereocenters. The minimum Gasteiger partial charge on any atom is -0.468 e. The van der Waals surface area contributed by atoms with Gasteiger partial charge < -0.3 is 19.7 Å². The van der Waals surface area contributed by atoms with Crippen molar-refractivity contribution in [3.05, 3.63) is 65.7 Å². The Bertz CT molecular complexity index is 827. The first-order valence-electron chi connectivity index (χ1n) is 11.2. The second kappa shape index (κ2) is 11.7. The Morgan fingerprint density at radius 3 is 2.32 bits per heavy atom. The lowest BCUT2D eigenvalue weighted by Crippen LogP contribution is -2.39. The molecule has 1 fully saturated rings. The van der Waals surface area contributed by atoms with Gasteiger partial charge >= 0.3 is 5.97 Å². The predicted octanol–water partition coefficient (Wildman–Crippen LogP) is 4.15. The van der Waals surface area contributed by atoms with Crippen LogP contribution in [0.25, 0.3) is 0 Å². The highest BCUT2D eigenvalue weighted by atomic mass is 16.5. The predicted molar refractivity (Wildman–Crippen MR) is 124 cm³/mol. The Morgan fingerprint density at radius 1 is 1.03 bits per heavy atom. The molecule has 0 aromatic heterocycles. The van der Waals surface area contributed by atoms with Crippen molar-refractivity contribution in [3.8, 4) is 0 Å². The molecule has 2 aromatic carbocycles. The van der Waals surface area contributed by atoms with Crippen molar-refractivity contribution in [2.24, 2.45) is 5.92 Å². The third-order valence-corrected chi connectivity index (χ3v) is 6.14. The summed E-state index contributed by atoms with van der Waals surface area (Å²) in [6.07, 6.45) is 4.64. The van der Waals surface area contributed by atoms with Gasteiger partial charge in [-0.1, -0.05) is 42.5 Å². The van der Waals surface area contributed by atoms with Crippen molar-refractivity contribution in [3.63, 3.8) is 0 Å². The maximum absolute atomic E-state index is 12.2. The van der Waals surface area contributed by atoms with Crippen molar-refractivity contribution in [2.45, 2.75) is 51.6 Å². The van der Waals surface area contributed by atoms with Crippen LogP contribution in [0.15, 0.2) is 54.6 Å². The van der Waals surface area contributed by atoms with Gasteiger partial charge in [0.25, 0.3) is 0 Å². The highest BCUT2D eigenvalue weighted by molar-refractivity contribution is 5.76. The van der Waals surface area contributed by atoms with E-state index in [1.54, 1.807) is 6.92 Å². The van der Waals surface area contributed by atoms with Gasteiger partial charge in [-0.25, -0.2) is 0 Å². The minimum absolute atomic E-state index is 0.242. The van der Waals surface area contributed by atoms with E-state index in [4.69, 9.17) is 4.74 Å². The number of benzene rings is 2. The molecule has 5 heteroatoms. The molecule has 1 heterocycles. The fourth-order valence-corrected chi connectivity index (χ4v) is 4.18. The van der Waals surface area contributed by atoms with Gasteiger partial charge in [-0.3, -0.25) is 4.79 Å². The molecular formula is C26H34N2O3. The molecule has 1 aliphatic rings. The quantitative estimate of drug-likeness (QED) is 0.583. The molecule has 1 N–H and O–H groups in total. The molecular weight excluding hydrogens is 388 g/mol. The first-order chi connectivity index (χ1) is 15.0. The van der Waals surface area contributed by atoms with Gasteiger partial charge in [0, 0.05) is 31.7 Å². The summed E-state index contributed by atoms with van der Waals surface area (Å²) in [5.41, 5.74) is 3.48. The number of methoxy groups -OCH3 is 1. The van der Waals surface area contributed by atoms with Crippen molar-refractivity contribution >= 4 is 17.4 Å². The number of hydrogen-bond acceptors (Lipinski definition) is 5. The summed E-state index contributed by atoms with van der Waals surface area (Å²) >= 11 is 0. The van der Waals surface area contributed by atoms with E-state index in [1.807, 2.05) is 30.3 Å². The van der Waals surface area contributed by atoms with Crippen LogP contribution >= 0.6 is 0 Å². The van der Waals surface area contributed by atoms with Crippen LogP contribution in [0.3, 0.4) is 0 Å². The zero-order chi connectivity index (χ0) is 22.1. The summed E-state index contributed by atoms with van der Waals surface area (Å²) in [6.45, 7) is 4.38. The van der Waals surface area contributed by atoms with Crippen LogP contribution in [0.2, 0.25) is 0 Å².